The zero-order valence-electron chi connectivity index (χ0n) is 15.2. The minimum absolute atomic E-state index is 0.658. The molecule has 2 heterocycles. The van der Waals surface area contributed by atoms with Gasteiger partial charge >= 0.3 is 0 Å². The maximum Gasteiger partial charge on any atom is 0.180 e. The molecule has 5 heteroatoms. The molecule has 28 heavy (non-hydrogen) atoms. The van der Waals surface area contributed by atoms with Crippen LogP contribution in [-0.2, 0) is 6.54 Å². The zero-order valence-corrected chi connectivity index (χ0v) is 15.2. The van der Waals surface area contributed by atoms with E-state index in [1.165, 1.54) is 10.8 Å². The van der Waals surface area contributed by atoms with E-state index in [0.717, 1.165) is 34.0 Å². The molecule has 0 bridgehead atoms. The van der Waals surface area contributed by atoms with Gasteiger partial charge in [-0.2, -0.15) is 0 Å². The van der Waals surface area contributed by atoms with Crippen molar-refractivity contribution in [1.82, 2.24) is 14.4 Å². The molecule has 0 spiro atoms. The van der Waals surface area contributed by atoms with Crippen LogP contribution in [0.4, 0.5) is 11.5 Å². The van der Waals surface area contributed by atoms with Crippen LogP contribution in [0.25, 0.3) is 27.7 Å². The summed E-state index contributed by atoms with van der Waals surface area (Å²) in [6.07, 6.45) is 5.74. The van der Waals surface area contributed by atoms with E-state index in [9.17, 15) is 0 Å². The monoisotopic (exact) mass is 365 g/mol. The predicted molar refractivity (Wildman–Crippen MR) is 114 cm³/mol. The van der Waals surface area contributed by atoms with Crippen molar-refractivity contribution in [3.05, 3.63) is 90.9 Å². The van der Waals surface area contributed by atoms with Crippen LogP contribution in [0.1, 0.15) is 5.56 Å². The Kier molecular flexibility index (Phi) is 3.91. The normalized spacial score (nSPS) is 11.1. The Morgan fingerprint density at radius 3 is 2.61 bits per heavy atom. The van der Waals surface area contributed by atoms with Crippen LogP contribution >= 0.6 is 0 Å². The summed E-state index contributed by atoms with van der Waals surface area (Å²) < 4.78 is 2.00. The third kappa shape index (κ3) is 3.03. The third-order valence-corrected chi connectivity index (χ3v) is 4.86. The van der Waals surface area contributed by atoms with Gasteiger partial charge in [-0.25, -0.2) is 9.97 Å². The second-order valence-electron chi connectivity index (χ2n) is 6.79. The highest BCUT2D eigenvalue weighted by Crippen LogP contribution is 2.25. The number of aromatic nitrogens is 3. The molecule has 2 aromatic heterocycles. The number of imidazole rings is 1. The molecule has 0 atom stereocenters. The summed E-state index contributed by atoms with van der Waals surface area (Å²) in [5.41, 5.74) is 10.5. The quantitative estimate of drug-likeness (QED) is 0.451. The first-order chi connectivity index (χ1) is 13.8. The molecular weight excluding hydrogens is 346 g/mol. The first-order valence-electron chi connectivity index (χ1n) is 9.17. The summed E-state index contributed by atoms with van der Waals surface area (Å²) in [7, 11) is 0. The van der Waals surface area contributed by atoms with Crippen LogP contribution in [0.15, 0.2) is 85.3 Å². The van der Waals surface area contributed by atoms with Crippen molar-refractivity contribution in [1.29, 1.82) is 0 Å². The highest BCUT2D eigenvalue weighted by Gasteiger charge is 2.10. The lowest BCUT2D eigenvalue weighted by molar-refractivity contribution is 1.07. The minimum Gasteiger partial charge on any atom is -0.399 e. The molecule has 0 aliphatic rings. The van der Waals surface area contributed by atoms with Gasteiger partial charge in [-0.3, -0.25) is 0 Å². The number of nitrogens with zero attached hydrogens (tertiary/aromatic N) is 3. The molecule has 3 aromatic carbocycles. The maximum absolute atomic E-state index is 5.75. The molecule has 5 nitrogen and oxygen atoms in total. The van der Waals surface area contributed by atoms with E-state index in [2.05, 4.69) is 52.8 Å². The number of benzene rings is 3. The van der Waals surface area contributed by atoms with E-state index in [1.54, 1.807) is 6.20 Å². The van der Waals surface area contributed by atoms with Crippen molar-refractivity contribution in [3.8, 4) is 11.3 Å². The Morgan fingerprint density at radius 2 is 1.75 bits per heavy atom. The number of nitrogens with two attached hydrogens (primary N) is 1. The van der Waals surface area contributed by atoms with Crippen LogP contribution in [0, 0.1) is 0 Å². The summed E-state index contributed by atoms with van der Waals surface area (Å²) in [4.78, 5) is 9.31. The first kappa shape index (κ1) is 16.3. The smallest absolute Gasteiger partial charge is 0.180 e. The molecule has 136 valence electrons. The average Bonchev–Trinajstić information content (AvgIpc) is 3.18. The fourth-order valence-corrected chi connectivity index (χ4v) is 3.35. The Labute approximate surface area is 162 Å². The van der Waals surface area contributed by atoms with Gasteiger partial charge in [0.2, 0.25) is 0 Å². The lowest BCUT2D eigenvalue weighted by atomic mass is 10.1. The van der Waals surface area contributed by atoms with Crippen LogP contribution in [0.3, 0.4) is 0 Å². The molecular formula is C23H19N5. The molecule has 5 rings (SSSR count). The summed E-state index contributed by atoms with van der Waals surface area (Å²) in [5.74, 6) is 0.756. The second kappa shape index (κ2) is 6.70. The number of nitrogens with one attached hydrogen (secondary N) is 1. The largest absolute Gasteiger partial charge is 0.399 e. The van der Waals surface area contributed by atoms with Gasteiger partial charge in [-0.1, -0.05) is 48.5 Å². The van der Waals surface area contributed by atoms with Crippen molar-refractivity contribution >= 4 is 27.9 Å². The Morgan fingerprint density at radius 1 is 0.929 bits per heavy atom. The fourth-order valence-electron chi connectivity index (χ4n) is 3.35. The van der Waals surface area contributed by atoms with Gasteiger partial charge in [0, 0.05) is 36.4 Å². The van der Waals surface area contributed by atoms with Crippen molar-refractivity contribution in [3.63, 3.8) is 0 Å². The van der Waals surface area contributed by atoms with Gasteiger partial charge in [-0.15, -0.1) is 0 Å². The molecule has 0 radical (unpaired) electrons. The number of fused-ring (bicyclic) bond motifs is 2. The lowest BCUT2D eigenvalue weighted by Crippen LogP contribution is -2.03. The first-order valence-corrected chi connectivity index (χ1v) is 9.17. The molecule has 0 aliphatic heterocycles. The molecule has 0 saturated carbocycles. The van der Waals surface area contributed by atoms with E-state index < -0.39 is 0 Å². The summed E-state index contributed by atoms with van der Waals surface area (Å²) >= 11 is 0. The summed E-state index contributed by atoms with van der Waals surface area (Å²) in [6.45, 7) is 0.658. The third-order valence-electron chi connectivity index (χ3n) is 4.86. The van der Waals surface area contributed by atoms with Gasteiger partial charge in [0.15, 0.2) is 11.5 Å². The van der Waals surface area contributed by atoms with Crippen LogP contribution < -0.4 is 11.1 Å². The van der Waals surface area contributed by atoms with Crippen LogP contribution in [-0.4, -0.2) is 14.4 Å². The number of nitrogen functional groups attached to an aromatic ring is 1. The maximum atomic E-state index is 5.75. The van der Waals surface area contributed by atoms with Gasteiger partial charge < -0.3 is 15.5 Å². The van der Waals surface area contributed by atoms with Crippen LogP contribution in [0.2, 0.25) is 0 Å². The predicted octanol–water partition coefficient (Wildman–Crippen LogP) is 4.74. The molecule has 0 fully saturated rings. The highest BCUT2D eigenvalue weighted by atomic mass is 15.1. The van der Waals surface area contributed by atoms with E-state index in [-0.39, 0.29) is 0 Å². The minimum atomic E-state index is 0.658. The topological polar surface area (TPSA) is 68.2 Å². The van der Waals surface area contributed by atoms with E-state index in [1.807, 2.05) is 41.1 Å². The molecule has 0 aliphatic carbocycles. The molecule has 3 N–H and O–H groups in total. The van der Waals surface area contributed by atoms with Crippen molar-refractivity contribution < 1.29 is 0 Å². The summed E-state index contributed by atoms with van der Waals surface area (Å²) in [5, 5.41) is 5.81. The summed E-state index contributed by atoms with van der Waals surface area (Å²) in [6, 6.07) is 22.6. The number of hydrogen-bond donors (Lipinski definition) is 2. The number of rotatable bonds is 4. The van der Waals surface area contributed by atoms with E-state index in [0.29, 0.717) is 6.54 Å². The fraction of sp³-hybridized carbons (Fsp3) is 0.0435. The van der Waals surface area contributed by atoms with Crippen LogP contribution in [0.5, 0.6) is 0 Å². The van der Waals surface area contributed by atoms with Gasteiger partial charge in [-0.05, 0) is 34.5 Å². The Hall–Kier alpha value is -3.86. The molecule has 0 unspecified atom stereocenters. The van der Waals surface area contributed by atoms with E-state index in [4.69, 9.17) is 10.7 Å². The highest BCUT2D eigenvalue weighted by molar-refractivity contribution is 5.87. The molecule has 5 aromatic rings. The molecule has 0 amide bonds. The van der Waals surface area contributed by atoms with Crippen molar-refractivity contribution in [2.75, 3.05) is 11.1 Å². The Balaban J connectivity index is 1.48. The average molecular weight is 365 g/mol. The van der Waals surface area contributed by atoms with E-state index >= 15 is 0 Å². The van der Waals surface area contributed by atoms with Gasteiger partial charge in [0.1, 0.15) is 0 Å². The Bertz CT molecular complexity index is 1270. The number of hydrogen-bond acceptors (Lipinski definition) is 4. The molecule has 0 saturated heterocycles. The van der Waals surface area contributed by atoms with Gasteiger partial charge in [0.05, 0.1) is 5.69 Å². The standard InChI is InChI=1S/C23H19N5/c24-20-9-5-16(6-10-20)14-26-22-23-27-21(15-28(23)12-11-25-22)19-8-7-17-3-1-2-4-18(17)13-19/h1-13,15H,14,24H2,(H,25,26). The lowest BCUT2D eigenvalue weighted by Gasteiger charge is -2.06. The second-order valence-corrected chi connectivity index (χ2v) is 6.79. The van der Waals surface area contributed by atoms with Crippen molar-refractivity contribution in [2.45, 2.75) is 6.54 Å². The van der Waals surface area contributed by atoms with Gasteiger partial charge in [0.25, 0.3) is 0 Å². The van der Waals surface area contributed by atoms with Crippen molar-refractivity contribution in [2.24, 2.45) is 0 Å². The SMILES string of the molecule is Nc1ccc(CNc2nccn3cc(-c4ccc5ccccc5c4)nc23)cc1. The number of anilines is 2. The zero-order chi connectivity index (χ0) is 18.9.